The van der Waals surface area contributed by atoms with Crippen molar-refractivity contribution in [1.82, 2.24) is 4.98 Å². The van der Waals surface area contributed by atoms with E-state index in [-0.39, 0.29) is 27.8 Å². The van der Waals surface area contributed by atoms with Gasteiger partial charge < -0.3 is 9.52 Å². The molecule has 0 saturated heterocycles. The van der Waals surface area contributed by atoms with Crippen LogP contribution in [-0.4, -0.2) is 15.0 Å². The molecule has 0 radical (unpaired) electrons. The van der Waals surface area contributed by atoms with Crippen LogP contribution in [0.25, 0.3) is 33.9 Å². The highest BCUT2D eigenvalue weighted by Gasteiger charge is 2.19. The lowest BCUT2D eigenvalue weighted by Gasteiger charge is -2.02. The fourth-order valence-electron chi connectivity index (χ4n) is 2.89. The second-order valence-corrected chi connectivity index (χ2v) is 8.65. The number of allylic oxidation sites excluding steroid dienone is 1. The zero-order valence-corrected chi connectivity index (χ0v) is 19.1. The van der Waals surface area contributed by atoms with Gasteiger partial charge in [-0.05, 0) is 30.3 Å². The molecule has 2 aromatic carbocycles. The van der Waals surface area contributed by atoms with Gasteiger partial charge >= 0.3 is 0 Å². The predicted octanol–water partition coefficient (Wildman–Crippen LogP) is 7.34. The number of halogens is 2. The summed E-state index contributed by atoms with van der Waals surface area (Å²) in [7, 11) is 0. The summed E-state index contributed by atoms with van der Waals surface area (Å²) in [5.74, 6) is -0.0294. The topological polar surface area (TPSA) is 113 Å². The third-order valence-electron chi connectivity index (χ3n) is 4.47. The molecule has 32 heavy (non-hydrogen) atoms. The van der Waals surface area contributed by atoms with Gasteiger partial charge in [0.1, 0.15) is 22.4 Å². The molecule has 10 heteroatoms. The van der Waals surface area contributed by atoms with Crippen molar-refractivity contribution in [1.29, 1.82) is 5.26 Å². The molecule has 1 N–H and O–H groups in total. The van der Waals surface area contributed by atoms with Crippen molar-refractivity contribution in [2.75, 3.05) is 0 Å². The first-order chi connectivity index (χ1) is 15.4. The Hall–Kier alpha value is -3.45. The lowest BCUT2D eigenvalue weighted by Crippen LogP contribution is -1.89. The lowest BCUT2D eigenvalue weighted by atomic mass is 10.1. The van der Waals surface area contributed by atoms with Gasteiger partial charge in [0, 0.05) is 33.1 Å². The highest BCUT2D eigenvalue weighted by Crippen LogP contribution is 2.35. The summed E-state index contributed by atoms with van der Waals surface area (Å²) in [6.07, 6.45) is 0. The number of nitrogens with zero attached hydrogens (tertiary/aromatic N) is 3. The van der Waals surface area contributed by atoms with Crippen LogP contribution in [-0.2, 0) is 0 Å². The van der Waals surface area contributed by atoms with Gasteiger partial charge in [-0.1, -0.05) is 39.7 Å². The van der Waals surface area contributed by atoms with Gasteiger partial charge in [0.25, 0.3) is 5.69 Å². The third kappa shape index (κ3) is 4.29. The smallest absolute Gasteiger partial charge is 0.270 e. The number of hydrogen-bond acceptors (Lipinski definition) is 7. The number of furan rings is 1. The largest absolute Gasteiger partial charge is 0.503 e. The van der Waals surface area contributed by atoms with Gasteiger partial charge in [-0.2, -0.15) is 5.26 Å². The van der Waals surface area contributed by atoms with Gasteiger partial charge in [-0.25, -0.2) is 4.98 Å². The minimum absolute atomic E-state index is 0.0333. The maximum absolute atomic E-state index is 10.9. The van der Waals surface area contributed by atoms with E-state index in [0.29, 0.717) is 22.0 Å². The van der Waals surface area contributed by atoms with E-state index >= 15 is 0 Å². The lowest BCUT2D eigenvalue weighted by molar-refractivity contribution is -0.384. The number of hydrogen-bond donors (Lipinski definition) is 1. The molecule has 2 heterocycles. The van der Waals surface area contributed by atoms with Gasteiger partial charge in [0.15, 0.2) is 11.5 Å². The van der Waals surface area contributed by atoms with Crippen molar-refractivity contribution < 1.29 is 14.4 Å². The van der Waals surface area contributed by atoms with Crippen LogP contribution in [0, 0.1) is 21.4 Å². The molecule has 2 aromatic heterocycles. The summed E-state index contributed by atoms with van der Waals surface area (Å²) in [4.78, 5) is 14.8. The molecule has 0 aliphatic rings. The maximum atomic E-state index is 10.9. The van der Waals surface area contributed by atoms with Gasteiger partial charge in [-0.15, -0.1) is 11.3 Å². The zero-order chi connectivity index (χ0) is 22.8. The fourth-order valence-corrected chi connectivity index (χ4v) is 4.25. The van der Waals surface area contributed by atoms with Crippen molar-refractivity contribution >= 4 is 55.9 Å². The maximum Gasteiger partial charge on any atom is 0.270 e. The number of rotatable bonds is 5. The van der Waals surface area contributed by atoms with E-state index < -0.39 is 4.92 Å². The molecule has 0 saturated carbocycles. The van der Waals surface area contributed by atoms with Crippen molar-refractivity contribution in [2.45, 2.75) is 0 Å². The normalized spacial score (nSPS) is 11.7. The summed E-state index contributed by atoms with van der Waals surface area (Å²) in [6, 6.07) is 16.6. The van der Waals surface area contributed by atoms with Crippen molar-refractivity contribution in [2.24, 2.45) is 0 Å². The zero-order valence-electron chi connectivity index (χ0n) is 16.0. The first-order valence-electron chi connectivity index (χ1n) is 8.97. The molecule has 7 nitrogen and oxygen atoms in total. The number of thiazole rings is 1. The first kappa shape index (κ1) is 21.8. The van der Waals surface area contributed by atoms with E-state index in [1.807, 2.05) is 30.3 Å². The van der Waals surface area contributed by atoms with Gasteiger partial charge in [0.05, 0.1) is 15.6 Å². The summed E-state index contributed by atoms with van der Waals surface area (Å²) >= 11 is 10.8. The molecule has 4 aromatic rings. The number of aromatic nitrogens is 1. The van der Waals surface area contributed by atoms with Crippen LogP contribution in [0.1, 0.15) is 10.8 Å². The number of non-ortho nitro benzene ring substituents is 1. The molecular formula is C22H11BrClN3O4S. The molecular weight excluding hydrogens is 518 g/mol. The van der Waals surface area contributed by atoms with Crippen molar-refractivity contribution in [3.63, 3.8) is 0 Å². The number of nitro benzene ring substituents is 1. The van der Waals surface area contributed by atoms with E-state index in [9.17, 15) is 20.5 Å². The second kappa shape index (κ2) is 8.96. The number of nitro groups is 1. The number of aliphatic hydroxyl groups excluding tert-OH is 1. The van der Waals surface area contributed by atoms with Crippen LogP contribution in [0.15, 0.2) is 68.9 Å². The Labute approximate surface area is 199 Å². The number of aliphatic hydroxyl groups is 1. The Morgan fingerprint density at radius 1 is 1.22 bits per heavy atom. The van der Waals surface area contributed by atoms with Crippen LogP contribution in [0.4, 0.5) is 5.69 Å². The van der Waals surface area contributed by atoms with Crippen molar-refractivity contribution in [3.05, 3.63) is 90.4 Å². The molecule has 0 aliphatic carbocycles. The van der Waals surface area contributed by atoms with E-state index in [1.54, 1.807) is 11.4 Å². The third-order valence-corrected chi connectivity index (χ3v) is 6.18. The minimum Gasteiger partial charge on any atom is -0.503 e. The fraction of sp³-hybridized carbons (Fsp3) is 0. The van der Waals surface area contributed by atoms with E-state index in [1.165, 1.54) is 35.6 Å². The highest BCUT2D eigenvalue weighted by molar-refractivity contribution is 9.10. The quantitative estimate of drug-likeness (QED) is 0.125. The summed E-state index contributed by atoms with van der Waals surface area (Å²) in [6.45, 7) is 0. The average molecular weight is 529 g/mol. The predicted molar refractivity (Wildman–Crippen MR) is 126 cm³/mol. The summed E-state index contributed by atoms with van der Waals surface area (Å²) in [5, 5.41) is 33.5. The molecule has 0 atom stereocenters. The van der Waals surface area contributed by atoms with Crippen LogP contribution in [0.3, 0.4) is 0 Å². The Bertz CT molecular complexity index is 1400. The summed E-state index contributed by atoms with van der Waals surface area (Å²) < 4.78 is 6.62. The van der Waals surface area contributed by atoms with Crippen LogP contribution in [0.5, 0.6) is 0 Å². The molecule has 0 spiro atoms. The first-order valence-corrected chi connectivity index (χ1v) is 11.0. The van der Waals surface area contributed by atoms with Crippen LogP contribution < -0.4 is 0 Å². The second-order valence-electron chi connectivity index (χ2n) is 6.47. The Balaban J connectivity index is 1.67. The van der Waals surface area contributed by atoms with E-state index in [2.05, 4.69) is 20.9 Å². The molecule has 4 rings (SSSR count). The van der Waals surface area contributed by atoms with Crippen molar-refractivity contribution in [3.8, 4) is 28.7 Å². The molecule has 0 bridgehead atoms. The monoisotopic (exact) mass is 527 g/mol. The Morgan fingerprint density at radius 3 is 2.62 bits per heavy atom. The van der Waals surface area contributed by atoms with Crippen LogP contribution >= 0.6 is 38.9 Å². The molecule has 0 unspecified atom stereocenters. The van der Waals surface area contributed by atoms with E-state index in [4.69, 9.17) is 16.0 Å². The highest BCUT2D eigenvalue weighted by atomic mass is 79.9. The van der Waals surface area contributed by atoms with Gasteiger partial charge in [0.2, 0.25) is 0 Å². The molecule has 0 amide bonds. The van der Waals surface area contributed by atoms with E-state index in [0.717, 1.165) is 10.0 Å². The summed E-state index contributed by atoms with van der Waals surface area (Å²) in [5.41, 5.74) is 1.79. The van der Waals surface area contributed by atoms with Crippen LogP contribution in [0.2, 0.25) is 5.02 Å². The Kier molecular flexibility index (Phi) is 6.10. The van der Waals surface area contributed by atoms with Gasteiger partial charge in [-0.3, -0.25) is 10.1 Å². The Morgan fingerprint density at radius 2 is 1.97 bits per heavy atom. The molecule has 158 valence electrons. The number of nitriles is 1. The SMILES string of the molecule is N#CC(=C(O)c1ccc(-c2ccc([N+](=O)[O-])cc2Cl)o1)c1nc(-c2ccc(Br)cc2)cs1. The molecule has 0 aliphatic heterocycles. The average Bonchev–Trinajstić information content (AvgIpc) is 3.45. The minimum atomic E-state index is -0.548. The molecule has 0 fully saturated rings. The standard InChI is InChI=1S/C22H11BrClN3O4S/c23-13-3-1-12(2-4-13)18-11-32-22(26-18)16(10-25)21(28)20-8-7-19(31-20)15-6-5-14(27(29)30)9-17(15)24/h1-9,11,28H. The number of benzene rings is 2.